The Morgan fingerprint density at radius 3 is 2.73 bits per heavy atom. The Hall–Kier alpha value is -2.47. The Labute approximate surface area is 153 Å². The number of rotatable bonds is 6. The molecule has 4 rings (SSSR count). The molecule has 0 radical (unpaired) electrons. The molecule has 1 aliphatic carbocycles. The molecule has 0 spiro atoms. The first-order chi connectivity index (χ1) is 12.8. The van der Waals surface area contributed by atoms with Crippen LogP contribution in [-0.4, -0.2) is 31.7 Å². The lowest BCUT2D eigenvalue weighted by Gasteiger charge is -2.15. The third-order valence-electron chi connectivity index (χ3n) is 5.19. The Bertz CT molecular complexity index is 849. The first kappa shape index (κ1) is 17.0. The molecule has 1 fully saturated rings. The van der Waals surface area contributed by atoms with Gasteiger partial charge in [-0.3, -0.25) is 4.68 Å². The van der Waals surface area contributed by atoms with Crippen LogP contribution in [0.3, 0.4) is 0 Å². The average Bonchev–Trinajstić information content (AvgIpc) is 3.42. The molecule has 2 aromatic heterocycles. The molecule has 6 heteroatoms. The Kier molecular flexibility index (Phi) is 4.84. The predicted octanol–water partition coefficient (Wildman–Crippen LogP) is 4.01. The molecule has 26 heavy (non-hydrogen) atoms. The van der Waals surface area contributed by atoms with Crippen molar-refractivity contribution in [2.45, 2.75) is 51.3 Å². The smallest absolute Gasteiger partial charge is 0.179 e. The van der Waals surface area contributed by atoms with E-state index in [9.17, 15) is 0 Å². The van der Waals surface area contributed by atoms with Gasteiger partial charge in [-0.15, -0.1) is 0 Å². The molecular formula is C20H25N5O. The second-order valence-electron chi connectivity index (χ2n) is 6.92. The average molecular weight is 351 g/mol. The Morgan fingerprint density at radius 2 is 2.00 bits per heavy atom. The molecule has 136 valence electrons. The van der Waals surface area contributed by atoms with Crippen LogP contribution in [0.25, 0.3) is 11.4 Å². The summed E-state index contributed by atoms with van der Waals surface area (Å²) in [5, 5.41) is 9.18. The molecule has 1 saturated carbocycles. The minimum absolute atomic E-state index is 0.116. The van der Waals surface area contributed by atoms with E-state index in [0.717, 1.165) is 23.8 Å². The molecular weight excluding hydrogens is 326 g/mol. The van der Waals surface area contributed by atoms with E-state index >= 15 is 0 Å². The van der Waals surface area contributed by atoms with Crippen molar-refractivity contribution >= 4 is 0 Å². The van der Waals surface area contributed by atoms with Crippen molar-refractivity contribution < 1.29 is 4.74 Å². The van der Waals surface area contributed by atoms with Crippen molar-refractivity contribution in [2.75, 3.05) is 7.11 Å². The summed E-state index contributed by atoms with van der Waals surface area (Å²) in [5.74, 6) is 1.70. The largest absolute Gasteiger partial charge is 0.374 e. The zero-order valence-electron chi connectivity index (χ0n) is 15.4. The highest BCUT2D eigenvalue weighted by molar-refractivity contribution is 5.60. The van der Waals surface area contributed by atoms with E-state index in [0.29, 0.717) is 6.04 Å². The predicted molar refractivity (Wildman–Crippen MR) is 99.7 cm³/mol. The van der Waals surface area contributed by atoms with Crippen molar-refractivity contribution in [3.63, 3.8) is 0 Å². The fourth-order valence-corrected chi connectivity index (χ4v) is 3.65. The van der Waals surface area contributed by atoms with E-state index in [1.165, 1.54) is 31.2 Å². The summed E-state index contributed by atoms with van der Waals surface area (Å²) in [5.41, 5.74) is 2.32. The summed E-state index contributed by atoms with van der Waals surface area (Å²) in [6, 6.07) is 10.8. The van der Waals surface area contributed by atoms with Gasteiger partial charge in [0.2, 0.25) is 0 Å². The molecule has 6 nitrogen and oxygen atoms in total. The minimum Gasteiger partial charge on any atom is -0.374 e. The molecule has 0 amide bonds. The summed E-state index contributed by atoms with van der Waals surface area (Å²) in [4.78, 5) is 4.88. The fourth-order valence-electron chi connectivity index (χ4n) is 3.65. The molecule has 0 saturated heterocycles. The number of ether oxygens (including phenoxy) is 1. The maximum absolute atomic E-state index is 5.47. The zero-order valence-corrected chi connectivity index (χ0v) is 15.4. The van der Waals surface area contributed by atoms with Gasteiger partial charge < -0.3 is 4.74 Å². The lowest BCUT2D eigenvalue weighted by molar-refractivity contribution is 0.111. The topological polar surface area (TPSA) is 57.8 Å². The second-order valence-corrected chi connectivity index (χ2v) is 6.92. The minimum atomic E-state index is -0.116. The van der Waals surface area contributed by atoms with Crippen LogP contribution < -0.4 is 0 Å². The van der Waals surface area contributed by atoms with E-state index < -0.39 is 0 Å². The standard InChI is InChI=1S/C20H25N5O/c1-15(26-2)19-22-20(25(23-19)17-9-4-5-10-17)18-11-6-3-8-16(18)14-24-13-7-12-21-24/h3,6-8,11-13,15,17H,4-5,9-10,14H2,1-2H3. The highest BCUT2D eigenvalue weighted by Crippen LogP contribution is 2.34. The van der Waals surface area contributed by atoms with Gasteiger partial charge in [-0.2, -0.15) is 10.2 Å². The molecule has 2 heterocycles. The number of aromatic nitrogens is 5. The fraction of sp³-hybridized carbons (Fsp3) is 0.450. The maximum atomic E-state index is 5.47. The summed E-state index contributed by atoms with van der Waals surface area (Å²) >= 11 is 0. The molecule has 0 bridgehead atoms. The van der Waals surface area contributed by atoms with Crippen molar-refractivity contribution in [3.05, 3.63) is 54.1 Å². The van der Waals surface area contributed by atoms with Gasteiger partial charge >= 0.3 is 0 Å². The number of hydrogen-bond acceptors (Lipinski definition) is 4. The number of nitrogens with zero attached hydrogens (tertiary/aromatic N) is 5. The van der Waals surface area contributed by atoms with Gasteiger partial charge in [0.15, 0.2) is 11.6 Å². The molecule has 0 N–H and O–H groups in total. The van der Waals surface area contributed by atoms with E-state index in [1.807, 2.05) is 30.1 Å². The summed E-state index contributed by atoms with van der Waals surface area (Å²) in [6.07, 6.45) is 8.52. The first-order valence-electron chi connectivity index (χ1n) is 9.31. The highest BCUT2D eigenvalue weighted by atomic mass is 16.5. The van der Waals surface area contributed by atoms with E-state index in [1.54, 1.807) is 7.11 Å². The summed E-state index contributed by atoms with van der Waals surface area (Å²) in [7, 11) is 1.70. The van der Waals surface area contributed by atoms with Gasteiger partial charge in [0, 0.05) is 25.1 Å². The zero-order chi connectivity index (χ0) is 17.9. The van der Waals surface area contributed by atoms with Gasteiger partial charge in [0.05, 0.1) is 12.6 Å². The van der Waals surface area contributed by atoms with Crippen LogP contribution in [0.15, 0.2) is 42.7 Å². The normalized spacial score (nSPS) is 16.2. The number of hydrogen-bond donors (Lipinski definition) is 0. The van der Waals surface area contributed by atoms with Gasteiger partial charge in [-0.05, 0) is 31.4 Å². The van der Waals surface area contributed by atoms with Crippen molar-refractivity contribution in [3.8, 4) is 11.4 Å². The quantitative estimate of drug-likeness (QED) is 0.673. The van der Waals surface area contributed by atoms with Crippen LogP contribution in [0.1, 0.15) is 56.1 Å². The molecule has 1 aliphatic rings. The third kappa shape index (κ3) is 3.29. The SMILES string of the molecule is COC(C)c1nc(-c2ccccc2Cn2cccn2)n(C2CCCC2)n1. The highest BCUT2D eigenvalue weighted by Gasteiger charge is 2.25. The summed E-state index contributed by atoms with van der Waals surface area (Å²) < 4.78 is 9.54. The second kappa shape index (κ2) is 7.41. The van der Waals surface area contributed by atoms with Crippen molar-refractivity contribution in [1.29, 1.82) is 0 Å². The lowest BCUT2D eigenvalue weighted by atomic mass is 10.1. The van der Waals surface area contributed by atoms with E-state index in [-0.39, 0.29) is 6.10 Å². The van der Waals surface area contributed by atoms with Gasteiger partial charge in [0.25, 0.3) is 0 Å². The van der Waals surface area contributed by atoms with Crippen LogP contribution >= 0.6 is 0 Å². The maximum Gasteiger partial charge on any atom is 0.179 e. The molecule has 1 atom stereocenters. The lowest BCUT2D eigenvalue weighted by Crippen LogP contribution is -2.10. The molecule has 1 aromatic carbocycles. The van der Waals surface area contributed by atoms with Crippen LogP contribution in [0, 0.1) is 0 Å². The number of benzene rings is 1. The van der Waals surface area contributed by atoms with Crippen LogP contribution in [0.4, 0.5) is 0 Å². The van der Waals surface area contributed by atoms with Crippen LogP contribution in [-0.2, 0) is 11.3 Å². The Balaban J connectivity index is 1.78. The van der Waals surface area contributed by atoms with Gasteiger partial charge in [-0.25, -0.2) is 9.67 Å². The van der Waals surface area contributed by atoms with Crippen molar-refractivity contribution in [2.24, 2.45) is 0 Å². The van der Waals surface area contributed by atoms with E-state index in [2.05, 4.69) is 34.0 Å². The molecule has 1 unspecified atom stereocenters. The van der Waals surface area contributed by atoms with Gasteiger partial charge in [-0.1, -0.05) is 37.1 Å². The van der Waals surface area contributed by atoms with Crippen molar-refractivity contribution in [1.82, 2.24) is 24.5 Å². The third-order valence-corrected chi connectivity index (χ3v) is 5.19. The molecule has 0 aliphatic heterocycles. The molecule has 3 aromatic rings. The van der Waals surface area contributed by atoms with Gasteiger partial charge in [0.1, 0.15) is 6.10 Å². The monoisotopic (exact) mass is 351 g/mol. The first-order valence-corrected chi connectivity index (χ1v) is 9.31. The summed E-state index contributed by atoms with van der Waals surface area (Å²) in [6.45, 7) is 2.71. The Morgan fingerprint density at radius 1 is 1.19 bits per heavy atom. The van der Waals surface area contributed by atoms with Crippen LogP contribution in [0.5, 0.6) is 0 Å². The van der Waals surface area contributed by atoms with E-state index in [4.69, 9.17) is 14.8 Å². The van der Waals surface area contributed by atoms with Crippen LogP contribution in [0.2, 0.25) is 0 Å². The number of methoxy groups -OCH3 is 1.